The second-order valence-corrected chi connectivity index (χ2v) is 6.90. The second-order valence-electron chi connectivity index (χ2n) is 6.90. The maximum Gasteiger partial charge on any atom is 0.278 e. The largest absolute Gasteiger partial charge is 0.378 e. The van der Waals surface area contributed by atoms with E-state index in [1.807, 2.05) is 31.2 Å². The molecule has 0 unspecified atom stereocenters. The molecule has 0 spiro atoms. The third kappa shape index (κ3) is 3.53. The van der Waals surface area contributed by atoms with Crippen LogP contribution in [0.25, 0.3) is 16.8 Å². The highest BCUT2D eigenvalue weighted by atomic mass is 19.1. The van der Waals surface area contributed by atoms with Gasteiger partial charge in [0.05, 0.1) is 23.6 Å². The minimum absolute atomic E-state index is 0.169. The van der Waals surface area contributed by atoms with Crippen LogP contribution < -0.4 is 5.32 Å². The monoisotopic (exact) mass is 405 g/mol. The van der Waals surface area contributed by atoms with Crippen LogP contribution in [0.4, 0.5) is 10.1 Å². The zero-order valence-electron chi connectivity index (χ0n) is 16.8. The Morgan fingerprint density at radius 2 is 1.83 bits per heavy atom. The van der Waals surface area contributed by atoms with Crippen LogP contribution in [0.15, 0.2) is 48.5 Å². The standard InChI is InChI=1S/C22H20FN5O2/c1-13-6-4-5-7-17(13)24-22(29)20-14(2)28-21(26-25-20)19(18(27-28)12-30-3)15-8-10-16(23)11-9-15/h4-11H,12H2,1-3H3,(H,24,29). The fourth-order valence-electron chi connectivity index (χ4n) is 3.30. The van der Waals surface area contributed by atoms with Gasteiger partial charge in [-0.2, -0.15) is 5.10 Å². The van der Waals surface area contributed by atoms with Crippen molar-refractivity contribution in [2.75, 3.05) is 12.4 Å². The van der Waals surface area contributed by atoms with Gasteiger partial charge in [0.15, 0.2) is 11.3 Å². The van der Waals surface area contributed by atoms with Crippen molar-refractivity contribution in [3.05, 3.63) is 77.0 Å². The first kappa shape index (κ1) is 19.7. The van der Waals surface area contributed by atoms with E-state index >= 15 is 0 Å². The zero-order chi connectivity index (χ0) is 21.3. The lowest BCUT2D eigenvalue weighted by atomic mass is 10.1. The lowest BCUT2D eigenvalue weighted by Crippen LogP contribution is -2.19. The molecule has 0 aliphatic carbocycles. The number of fused-ring (bicyclic) bond motifs is 1. The van der Waals surface area contributed by atoms with E-state index in [4.69, 9.17) is 4.74 Å². The molecule has 30 heavy (non-hydrogen) atoms. The molecule has 7 nitrogen and oxygen atoms in total. The molecule has 0 fully saturated rings. The molecule has 1 amide bonds. The number of para-hydroxylation sites is 1. The van der Waals surface area contributed by atoms with Crippen LogP contribution in [0.2, 0.25) is 0 Å². The van der Waals surface area contributed by atoms with Crippen LogP contribution in [0, 0.1) is 19.7 Å². The highest BCUT2D eigenvalue weighted by Gasteiger charge is 2.22. The number of amides is 1. The third-order valence-corrected chi connectivity index (χ3v) is 4.86. The van der Waals surface area contributed by atoms with Gasteiger partial charge in [0.25, 0.3) is 5.91 Å². The van der Waals surface area contributed by atoms with Crippen molar-refractivity contribution in [2.24, 2.45) is 0 Å². The second kappa shape index (κ2) is 8.00. The van der Waals surface area contributed by atoms with Crippen LogP contribution in [0.1, 0.15) is 27.4 Å². The molecule has 1 N–H and O–H groups in total. The number of ether oxygens (including phenoxy) is 1. The summed E-state index contributed by atoms with van der Waals surface area (Å²) in [5.41, 5.74) is 4.88. The molecule has 2 heterocycles. The SMILES string of the molecule is COCc1nn2c(C)c(C(=O)Nc3ccccc3C)nnc2c1-c1ccc(F)cc1. The van der Waals surface area contributed by atoms with Gasteiger partial charge in [-0.15, -0.1) is 10.2 Å². The summed E-state index contributed by atoms with van der Waals surface area (Å²) in [6.07, 6.45) is 0. The lowest BCUT2D eigenvalue weighted by Gasteiger charge is -2.09. The van der Waals surface area contributed by atoms with Crippen LogP contribution in [-0.2, 0) is 11.3 Å². The van der Waals surface area contributed by atoms with Crippen LogP contribution >= 0.6 is 0 Å². The Labute approximate surface area is 172 Å². The Morgan fingerprint density at radius 1 is 1.10 bits per heavy atom. The van der Waals surface area contributed by atoms with Crippen molar-refractivity contribution >= 4 is 17.2 Å². The van der Waals surface area contributed by atoms with E-state index < -0.39 is 0 Å². The van der Waals surface area contributed by atoms with Crippen molar-refractivity contribution in [1.29, 1.82) is 0 Å². The number of carbonyl (C=O) groups is 1. The molecule has 152 valence electrons. The topological polar surface area (TPSA) is 81.4 Å². The first-order valence-corrected chi connectivity index (χ1v) is 9.36. The van der Waals surface area contributed by atoms with E-state index in [0.717, 1.165) is 11.1 Å². The number of rotatable bonds is 5. The van der Waals surface area contributed by atoms with Gasteiger partial charge >= 0.3 is 0 Å². The predicted octanol–water partition coefficient (Wildman–Crippen LogP) is 3.95. The third-order valence-electron chi connectivity index (χ3n) is 4.86. The van der Waals surface area contributed by atoms with Gasteiger partial charge in [0, 0.05) is 12.8 Å². The van der Waals surface area contributed by atoms with E-state index in [2.05, 4.69) is 20.6 Å². The minimum atomic E-state index is -0.372. The van der Waals surface area contributed by atoms with E-state index in [1.54, 1.807) is 30.7 Å². The molecular weight excluding hydrogens is 385 g/mol. The van der Waals surface area contributed by atoms with Gasteiger partial charge in [-0.05, 0) is 43.2 Å². The Kier molecular flexibility index (Phi) is 5.24. The highest BCUT2D eigenvalue weighted by molar-refractivity contribution is 6.04. The normalized spacial score (nSPS) is 11.1. The van der Waals surface area contributed by atoms with Crippen molar-refractivity contribution in [3.63, 3.8) is 0 Å². The zero-order valence-corrected chi connectivity index (χ0v) is 16.8. The Balaban J connectivity index is 1.80. The summed E-state index contributed by atoms with van der Waals surface area (Å²) >= 11 is 0. The van der Waals surface area contributed by atoms with Gasteiger partial charge < -0.3 is 10.1 Å². The Hall–Kier alpha value is -3.65. The number of halogens is 1. The number of nitrogens with zero attached hydrogens (tertiary/aromatic N) is 4. The highest BCUT2D eigenvalue weighted by Crippen LogP contribution is 2.29. The first-order valence-electron chi connectivity index (χ1n) is 9.36. The molecule has 4 aromatic rings. The van der Waals surface area contributed by atoms with Crippen molar-refractivity contribution in [2.45, 2.75) is 20.5 Å². The fraction of sp³-hybridized carbons (Fsp3) is 0.182. The van der Waals surface area contributed by atoms with Crippen LogP contribution in [0.3, 0.4) is 0 Å². The molecular formula is C22H20FN5O2. The molecule has 0 atom stereocenters. The van der Waals surface area contributed by atoms with Crippen LogP contribution in [0.5, 0.6) is 0 Å². The number of anilines is 1. The number of hydrogen-bond acceptors (Lipinski definition) is 5. The van der Waals surface area contributed by atoms with Gasteiger partial charge in [-0.1, -0.05) is 30.3 Å². The molecule has 4 rings (SSSR count). The molecule has 0 saturated heterocycles. The van der Waals surface area contributed by atoms with Gasteiger partial charge in [-0.3, -0.25) is 4.79 Å². The number of nitrogens with one attached hydrogen (secondary N) is 1. The summed E-state index contributed by atoms with van der Waals surface area (Å²) < 4.78 is 20.2. The van der Waals surface area contributed by atoms with E-state index in [-0.39, 0.29) is 24.0 Å². The molecule has 0 radical (unpaired) electrons. The summed E-state index contributed by atoms with van der Waals surface area (Å²) in [6, 6.07) is 13.6. The Bertz CT molecular complexity index is 1230. The summed E-state index contributed by atoms with van der Waals surface area (Å²) in [5.74, 6) is -0.704. The van der Waals surface area contributed by atoms with Crippen molar-refractivity contribution < 1.29 is 13.9 Å². The molecule has 0 aliphatic rings. The van der Waals surface area contributed by atoms with Crippen molar-refractivity contribution in [1.82, 2.24) is 19.8 Å². The predicted molar refractivity (Wildman–Crippen MR) is 111 cm³/mol. The molecule has 0 aliphatic heterocycles. The smallest absolute Gasteiger partial charge is 0.278 e. The maximum atomic E-state index is 13.4. The van der Waals surface area contributed by atoms with Gasteiger partial charge in [-0.25, -0.2) is 8.91 Å². The minimum Gasteiger partial charge on any atom is -0.378 e. The van der Waals surface area contributed by atoms with Crippen LogP contribution in [-0.4, -0.2) is 32.8 Å². The fourth-order valence-corrected chi connectivity index (χ4v) is 3.30. The summed E-state index contributed by atoms with van der Waals surface area (Å²) in [7, 11) is 1.57. The summed E-state index contributed by atoms with van der Waals surface area (Å²) in [6.45, 7) is 3.91. The molecule has 8 heteroatoms. The lowest BCUT2D eigenvalue weighted by molar-refractivity contribution is 0.102. The number of aryl methyl sites for hydroxylation is 2. The van der Waals surface area contributed by atoms with Gasteiger partial charge in [0.1, 0.15) is 5.82 Å². The summed E-state index contributed by atoms with van der Waals surface area (Å²) in [4.78, 5) is 12.8. The van der Waals surface area contributed by atoms with Crippen molar-refractivity contribution in [3.8, 4) is 11.1 Å². The molecule has 2 aromatic carbocycles. The maximum absolute atomic E-state index is 13.4. The summed E-state index contributed by atoms with van der Waals surface area (Å²) in [5, 5.41) is 15.9. The molecule has 0 saturated carbocycles. The Morgan fingerprint density at radius 3 is 2.53 bits per heavy atom. The average molecular weight is 405 g/mol. The van der Waals surface area contributed by atoms with Gasteiger partial charge in [0.2, 0.25) is 0 Å². The molecule has 0 bridgehead atoms. The van der Waals surface area contributed by atoms with E-state index in [9.17, 15) is 9.18 Å². The van der Waals surface area contributed by atoms with E-state index in [0.29, 0.717) is 28.3 Å². The number of benzene rings is 2. The quantitative estimate of drug-likeness (QED) is 0.544. The molecule has 2 aromatic heterocycles. The van der Waals surface area contributed by atoms with E-state index in [1.165, 1.54) is 12.1 Å². The number of carbonyl (C=O) groups excluding carboxylic acids is 1. The number of hydrogen-bond donors (Lipinski definition) is 1. The average Bonchev–Trinajstić information content (AvgIpc) is 3.10. The first-order chi connectivity index (χ1) is 14.5. The number of aromatic nitrogens is 4. The number of methoxy groups -OCH3 is 1.